The number of hydrogen-bond donors (Lipinski definition) is 4. The van der Waals surface area contributed by atoms with Crippen LogP contribution >= 0.6 is 0 Å². The smallest absolute Gasteiger partial charge is 0.327 e. The number of hydrogen-bond acceptors (Lipinski definition) is 7. The highest BCUT2D eigenvalue weighted by Gasteiger charge is 2.15. The molecule has 1 saturated heterocycles. The van der Waals surface area contributed by atoms with Gasteiger partial charge in [-0.1, -0.05) is 0 Å². The molecule has 96 valence electrons. The second kappa shape index (κ2) is 8.19. The molecular weight excluding hydrogens is 232 g/mol. The summed E-state index contributed by atoms with van der Waals surface area (Å²) in [6.07, 6.45) is 0. The Labute approximate surface area is 96.8 Å². The molecule has 6 N–H and O–H groups in total. The van der Waals surface area contributed by atoms with Crippen molar-refractivity contribution in [3.8, 4) is 0 Å². The molecule has 0 aliphatic carbocycles. The molecule has 1 aliphatic rings. The molecule has 0 atom stereocenters. The molecule has 2 amide bonds. The van der Waals surface area contributed by atoms with Crippen LogP contribution in [0.25, 0.3) is 0 Å². The third-order valence-electron chi connectivity index (χ3n) is 1.46. The summed E-state index contributed by atoms with van der Waals surface area (Å²) in [4.78, 5) is 40.9. The Morgan fingerprint density at radius 2 is 1.35 bits per heavy atom. The van der Waals surface area contributed by atoms with Crippen LogP contribution in [0.5, 0.6) is 0 Å². The molecule has 0 radical (unpaired) electrons. The highest BCUT2D eigenvalue weighted by Crippen LogP contribution is 1.74. The predicted molar refractivity (Wildman–Crippen MR) is 55.2 cm³/mol. The Hall–Kier alpha value is -2.00. The molecule has 0 aromatic carbocycles. The number of nitrogens with one attached hydrogen (secondary N) is 2. The van der Waals surface area contributed by atoms with Crippen molar-refractivity contribution < 1.29 is 23.9 Å². The summed E-state index contributed by atoms with van der Waals surface area (Å²) in [6, 6.07) is 0. The number of carbonyl (C=O) groups is 4. The Morgan fingerprint density at radius 1 is 1.00 bits per heavy atom. The average molecular weight is 246 g/mol. The van der Waals surface area contributed by atoms with E-state index in [-0.39, 0.29) is 13.1 Å². The molecule has 0 unspecified atom stereocenters. The van der Waals surface area contributed by atoms with Crippen molar-refractivity contribution in [2.45, 2.75) is 0 Å². The molecule has 1 fully saturated rings. The van der Waals surface area contributed by atoms with Gasteiger partial charge in [-0.2, -0.15) is 0 Å². The first-order valence-electron chi connectivity index (χ1n) is 4.71. The third kappa shape index (κ3) is 6.98. The van der Waals surface area contributed by atoms with Gasteiger partial charge in [0, 0.05) is 13.1 Å². The van der Waals surface area contributed by atoms with Gasteiger partial charge in [0.05, 0.1) is 13.1 Å². The van der Waals surface area contributed by atoms with Crippen LogP contribution in [0.1, 0.15) is 0 Å². The maximum absolute atomic E-state index is 10.3. The number of rotatable bonds is 2. The number of piperazine rings is 1. The summed E-state index contributed by atoms with van der Waals surface area (Å²) in [5, 5.41) is 4.76. The first-order valence-corrected chi connectivity index (χ1v) is 4.71. The van der Waals surface area contributed by atoms with E-state index in [1.165, 1.54) is 0 Å². The van der Waals surface area contributed by atoms with Crippen molar-refractivity contribution in [2.75, 3.05) is 26.2 Å². The molecule has 1 heterocycles. The molecule has 0 bridgehead atoms. The first-order chi connectivity index (χ1) is 8.01. The van der Waals surface area contributed by atoms with Gasteiger partial charge in [0.15, 0.2) is 0 Å². The SMILES string of the molecule is NCC(=O)OC(=O)CN.O=C1NCCNC1=O. The Morgan fingerprint density at radius 3 is 1.59 bits per heavy atom. The topological polar surface area (TPSA) is 154 Å². The second-order valence-corrected chi connectivity index (χ2v) is 2.77. The molecule has 1 rings (SSSR count). The van der Waals surface area contributed by atoms with Gasteiger partial charge in [-0.05, 0) is 0 Å². The van der Waals surface area contributed by atoms with Gasteiger partial charge in [-0.25, -0.2) is 0 Å². The van der Waals surface area contributed by atoms with E-state index in [1.807, 2.05) is 0 Å². The number of ether oxygens (including phenoxy) is 1. The number of esters is 2. The molecule has 0 aromatic heterocycles. The van der Waals surface area contributed by atoms with E-state index in [9.17, 15) is 19.2 Å². The van der Waals surface area contributed by atoms with E-state index < -0.39 is 23.8 Å². The fraction of sp³-hybridized carbons (Fsp3) is 0.500. The van der Waals surface area contributed by atoms with E-state index in [1.54, 1.807) is 0 Å². The fourth-order valence-corrected chi connectivity index (χ4v) is 0.723. The van der Waals surface area contributed by atoms with E-state index in [2.05, 4.69) is 15.4 Å². The van der Waals surface area contributed by atoms with Gasteiger partial charge in [-0.3, -0.25) is 19.2 Å². The molecular formula is C8H14N4O5. The lowest BCUT2D eigenvalue weighted by atomic mass is 10.4. The fourth-order valence-electron chi connectivity index (χ4n) is 0.723. The molecule has 9 heteroatoms. The summed E-state index contributed by atoms with van der Waals surface area (Å²) >= 11 is 0. The van der Waals surface area contributed by atoms with Gasteiger partial charge in [0.1, 0.15) is 0 Å². The summed E-state index contributed by atoms with van der Waals surface area (Å²) < 4.78 is 4.02. The maximum atomic E-state index is 10.3. The number of nitrogens with two attached hydrogens (primary N) is 2. The second-order valence-electron chi connectivity index (χ2n) is 2.77. The Kier molecular flexibility index (Phi) is 7.22. The van der Waals surface area contributed by atoms with Crippen molar-refractivity contribution in [3.63, 3.8) is 0 Å². The largest absolute Gasteiger partial charge is 0.391 e. The number of carbonyl (C=O) groups excluding carboxylic acids is 4. The van der Waals surface area contributed by atoms with Crippen molar-refractivity contribution in [3.05, 3.63) is 0 Å². The minimum Gasteiger partial charge on any atom is -0.391 e. The summed E-state index contributed by atoms with van der Waals surface area (Å²) in [6.45, 7) is 0.493. The molecule has 9 nitrogen and oxygen atoms in total. The van der Waals surface area contributed by atoms with Gasteiger partial charge in [0.2, 0.25) is 0 Å². The average Bonchev–Trinajstić information content (AvgIpc) is 2.33. The maximum Gasteiger partial charge on any atom is 0.327 e. The van der Waals surface area contributed by atoms with Gasteiger partial charge >= 0.3 is 23.8 Å². The molecule has 1 aliphatic heterocycles. The molecule has 0 saturated carbocycles. The van der Waals surface area contributed by atoms with Crippen molar-refractivity contribution in [2.24, 2.45) is 11.5 Å². The van der Waals surface area contributed by atoms with E-state index in [0.717, 1.165) is 0 Å². The zero-order valence-corrected chi connectivity index (χ0v) is 9.02. The zero-order chi connectivity index (χ0) is 13.3. The summed E-state index contributed by atoms with van der Waals surface area (Å²) in [7, 11) is 0. The van der Waals surface area contributed by atoms with Crippen LogP contribution in [-0.4, -0.2) is 49.9 Å². The van der Waals surface area contributed by atoms with E-state index in [4.69, 9.17) is 11.5 Å². The summed E-state index contributed by atoms with van der Waals surface area (Å²) in [5.41, 5.74) is 9.61. The van der Waals surface area contributed by atoms with Crippen LogP contribution in [0, 0.1) is 0 Å². The third-order valence-corrected chi connectivity index (χ3v) is 1.46. The highest BCUT2D eigenvalue weighted by atomic mass is 16.6. The molecule has 0 spiro atoms. The van der Waals surface area contributed by atoms with Crippen LogP contribution in [0.4, 0.5) is 0 Å². The standard InChI is InChI=1S/C4H8N2O3.C4H6N2O2/c5-1-3(7)9-4(8)2-6;7-3-4(8)6-2-1-5-3/h1-2,5-6H2;1-2H2,(H,5,7)(H,6,8). The van der Waals surface area contributed by atoms with Crippen LogP contribution in [0.15, 0.2) is 0 Å². The molecule has 0 aromatic rings. The van der Waals surface area contributed by atoms with Crippen molar-refractivity contribution in [1.29, 1.82) is 0 Å². The zero-order valence-electron chi connectivity index (χ0n) is 9.02. The monoisotopic (exact) mass is 246 g/mol. The highest BCUT2D eigenvalue weighted by molar-refractivity contribution is 6.35. The lowest BCUT2D eigenvalue weighted by Crippen LogP contribution is -2.49. The van der Waals surface area contributed by atoms with E-state index >= 15 is 0 Å². The number of amides is 2. The lowest BCUT2D eigenvalue weighted by Gasteiger charge is -2.10. The van der Waals surface area contributed by atoms with Crippen LogP contribution in [0.2, 0.25) is 0 Å². The summed E-state index contributed by atoms with van der Waals surface area (Å²) in [5.74, 6) is -2.58. The van der Waals surface area contributed by atoms with Gasteiger partial charge in [-0.15, -0.1) is 0 Å². The minimum absolute atomic E-state index is 0.300. The molecule has 17 heavy (non-hydrogen) atoms. The first kappa shape index (κ1) is 15.0. The van der Waals surface area contributed by atoms with Crippen LogP contribution in [0.3, 0.4) is 0 Å². The van der Waals surface area contributed by atoms with Crippen molar-refractivity contribution >= 4 is 23.8 Å². The van der Waals surface area contributed by atoms with E-state index in [0.29, 0.717) is 13.1 Å². The van der Waals surface area contributed by atoms with Crippen LogP contribution in [-0.2, 0) is 23.9 Å². The quantitative estimate of drug-likeness (QED) is 0.221. The Bertz CT molecular complexity index is 287. The normalized spacial score (nSPS) is 13.8. The predicted octanol–water partition coefficient (Wildman–Crippen LogP) is -3.79. The van der Waals surface area contributed by atoms with Gasteiger partial charge in [0.25, 0.3) is 0 Å². The van der Waals surface area contributed by atoms with Crippen molar-refractivity contribution in [1.82, 2.24) is 10.6 Å². The lowest BCUT2D eigenvalue weighted by molar-refractivity contribution is -0.157. The van der Waals surface area contributed by atoms with Gasteiger partial charge < -0.3 is 26.8 Å². The van der Waals surface area contributed by atoms with Crippen LogP contribution < -0.4 is 22.1 Å². The Balaban J connectivity index is 0.000000302. The minimum atomic E-state index is -0.759.